The number of ether oxygens (including phenoxy) is 2. The molecule has 19 heavy (non-hydrogen) atoms. The lowest BCUT2D eigenvalue weighted by Crippen LogP contribution is -2.46. The number of piperidine rings is 1. The van der Waals surface area contributed by atoms with Gasteiger partial charge in [0.05, 0.1) is 6.54 Å². The van der Waals surface area contributed by atoms with E-state index in [1.54, 1.807) is 11.1 Å². The molecule has 0 aliphatic carbocycles. The smallest absolute Gasteiger partial charge is 0.410 e. The number of carbonyl (C=O) groups excluding carboxylic acids is 1. The van der Waals surface area contributed by atoms with Gasteiger partial charge in [0.1, 0.15) is 11.7 Å². The Morgan fingerprint density at radius 3 is 2.95 bits per heavy atom. The number of nitrogens with zero attached hydrogens (tertiary/aromatic N) is 2. The zero-order chi connectivity index (χ0) is 13.9. The van der Waals surface area contributed by atoms with E-state index in [-0.39, 0.29) is 12.2 Å². The Morgan fingerprint density at radius 1 is 1.53 bits per heavy atom. The Hall–Kier alpha value is -1.30. The molecule has 0 spiro atoms. The van der Waals surface area contributed by atoms with E-state index in [4.69, 9.17) is 9.47 Å². The normalized spacial score (nSPS) is 20.2. The van der Waals surface area contributed by atoms with E-state index in [0.717, 1.165) is 19.4 Å². The zero-order valence-electron chi connectivity index (χ0n) is 11.6. The van der Waals surface area contributed by atoms with E-state index in [1.807, 2.05) is 26.2 Å². The lowest BCUT2D eigenvalue weighted by atomic mass is 10.1. The maximum absolute atomic E-state index is 12.0. The zero-order valence-corrected chi connectivity index (χ0v) is 12.4. The van der Waals surface area contributed by atoms with Crippen molar-refractivity contribution >= 4 is 17.4 Å². The van der Waals surface area contributed by atoms with Crippen molar-refractivity contribution in [3.05, 3.63) is 11.6 Å². The summed E-state index contributed by atoms with van der Waals surface area (Å²) in [6.07, 6.45) is 3.33. The molecule has 0 saturated carbocycles. The van der Waals surface area contributed by atoms with Crippen molar-refractivity contribution in [3.8, 4) is 5.19 Å². The molecule has 2 rings (SSSR count). The molecule has 1 aromatic rings. The van der Waals surface area contributed by atoms with Gasteiger partial charge in [-0.15, -0.1) is 0 Å². The second kappa shape index (κ2) is 5.77. The van der Waals surface area contributed by atoms with Crippen LogP contribution in [-0.2, 0) is 4.74 Å². The summed E-state index contributed by atoms with van der Waals surface area (Å²) < 4.78 is 11.1. The van der Waals surface area contributed by atoms with Crippen LogP contribution in [0.1, 0.15) is 33.6 Å². The summed E-state index contributed by atoms with van der Waals surface area (Å²) in [6.45, 7) is 6.91. The topological polar surface area (TPSA) is 51.7 Å². The third kappa shape index (κ3) is 4.38. The van der Waals surface area contributed by atoms with E-state index in [1.165, 1.54) is 11.3 Å². The maximum Gasteiger partial charge on any atom is 0.410 e. The Morgan fingerprint density at radius 2 is 2.32 bits per heavy atom. The SMILES string of the molecule is CC(C)(C)OC(=O)N1CCCC(Oc2nccs2)C1. The van der Waals surface area contributed by atoms with Gasteiger partial charge in [-0.2, -0.15) is 0 Å². The van der Waals surface area contributed by atoms with E-state index >= 15 is 0 Å². The predicted molar refractivity (Wildman–Crippen MR) is 73.6 cm³/mol. The standard InChI is InChI=1S/C13H20N2O3S/c1-13(2,3)18-12(16)15-7-4-5-10(9-15)17-11-14-6-8-19-11/h6,8,10H,4-5,7,9H2,1-3H3. The van der Waals surface area contributed by atoms with Gasteiger partial charge in [-0.1, -0.05) is 11.3 Å². The highest BCUT2D eigenvalue weighted by molar-refractivity contribution is 7.11. The van der Waals surface area contributed by atoms with Gasteiger partial charge in [-0.3, -0.25) is 0 Å². The molecular weight excluding hydrogens is 264 g/mol. The van der Waals surface area contributed by atoms with Crippen molar-refractivity contribution in [1.82, 2.24) is 9.88 Å². The van der Waals surface area contributed by atoms with Crippen LogP contribution in [0.4, 0.5) is 4.79 Å². The molecule has 1 fully saturated rings. The molecule has 5 nitrogen and oxygen atoms in total. The van der Waals surface area contributed by atoms with E-state index < -0.39 is 5.60 Å². The molecule has 0 N–H and O–H groups in total. The van der Waals surface area contributed by atoms with Gasteiger partial charge in [0.15, 0.2) is 0 Å². The van der Waals surface area contributed by atoms with Gasteiger partial charge < -0.3 is 14.4 Å². The van der Waals surface area contributed by atoms with Crippen molar-refractivity contribution < 1.29 is 14.3 Å². The fourth-order valence-electron chi connectivity index (χ4n) is 1.94. The first-order valence-corrected chi connectivity index (χ1v) is 7.36. The van der Waals surface area contributed by atoms with Crippen LogP contribution >= 0.6 is 11.3 Å². The van der Waals surface area contributed by atoms with Gasteiger partial charge in [0.25, 0.3) is 5.19 Å². The Balaban J connectivity index is 1.88. The average Bonchev–Trinajstić information content (AvgIpc) is 2.80. The highest BCUT2D eigenvalue weighted by atomic mass is 32.1. The Kier molecular flexibility index (Phi) is 4.29. The van der Waals surface area contributed by atoms with Crippen molar-refractivity contribution in [2.75, 3.05) is 13.1 Å². The molecule has 1 aliphatic heterocycles. The number of thiazole rings is 1. The van der Waals surface area contributed by atoms with Crippen LogP contribution in [0.25, 0.3) is 0 Å². The van der Waals surface area contributed by atoms with Crippen LogP contribution < -0.4 is 4.74 Å². The number of carbonyl (C=O) groups is 1. The van der Waals surface area contributed by atoms with Gasteiger partial charge in [0.2, 0.25) is 0 Å². The van der Waals surface area contributed by atoms with Gasteiger partial charge >= 0.3 is 6.09 Å². The molecule has 1 amide bonds. The molecule has 1 atom stereocenters. The summed E-state index contributed by atoms with van der Waals surface area (Å²) in [4.78, 5) is 17.8. The first-order valence-electron chi connectivity index (χ1n) is 6.48. The second-order valence-electron chi connectivity index (χ2n) is 5.61. The molecule has 0 radical (unpaired) electrons. The summed E-state index contributed by atoms with van der Waals surface area (Å²) >= 11 is 1.47. The van der Waals surface area contributed by atoms with E-state index in [0.29, 0.717) is 11.7 Å². The van der Waals surface area contributed by atoms with Gasteiger partial charge in [-0.25, -0.2) is 9.78 Å². The number of aromatic nitrogens is 1. The molecule has 1 aliphatic rings. The Labute approximate surface area is 117 Å². The van der Waals surface area contributed by atoms with Crippen LogP contribution in [0, 0.1) is 0 Å². The summed E-state index contributed by atoms with van der Waals surface area (Å²) in [5.74, 6) is 0. The summed E-state index contributed by atoms with van der Waals surface area (Å²) in [6, 6.07) is 0. The largest absolute Gasteiger partial charge is 0.465 e. The van der Waals surface area contributed by atoms with Crippen LogP contribution in [0.15, 0.2) is 11.6 Å². The highest BCUT2D eigenvalue weighted by Gasteiger charge is 2.28. The molecular formula is C13H20N2O3S. The first-order chi connectivity index (χ1) is 8.94. The third-order valence-electron chi connectivity index (χ3n) is 2.71. The van der Waals surface area contributed by atoms with E-state index in [2.05, 4.69) is 4.98 Å². The second-order valence-corrected chi connectivity index (χ2v) is 6.46. The molecule has 6 heteroatoms. The molecule has 0 bridgehead atoms. The highest BCUT2D eigenvalue weighted by Crippen LogP contribution is 2.21. The predicted octanol–water partition coefficient (Wildman–Crippen LogP) is 2.92. The molecule has 0 aromatic carbocycles. The minimum absolute atomic E-state index is 0.00687. The van der Waals surface area contributed by atoms with Gasteiger partial charge in [0, 0.05) is 18.1 Å². The first kappa shape index (κ1) is 14.1. The van der Waals surface area contributed by atoms with Crippen LogP contribution in [-0.4, -0.2) is 40.8 Å². The van der Waals surface area contributed by atoms with Crippen molar-refractivity contribution in [3.63, 3.8) is 0 Å². The number of likely N-dealkylation sites (tertiary alicyclic amines) is 1. The summed E-state index contributed by atoms with van der Waals surface area (Å²) in [7, 11) is 0. The fourth-order valence-corrected chi connectivity index (χ4v) is 2.49. The monoisotopic (exact) mass is 284 g/mol. The van der Waals surface area contributed by atoms with Crippen LogP contribution in [0.3, 0.4) is 0 Å². The van der Waals surface area contributed by atoms with Crippen molar-refractivity contribution in [1.29, 1.82) is 0 Å². The van der Waals surface area contributed by atoms with Crippen molar-refractivity contribution in [2.24, 2.45) is 0 Å². The third-order valence-corrected chi connectivity index (χ3v) is 3.37. The van der Waals surface area contributed by atoms with Crippen molar-refractivity contribution in [2.45, 2.75) is 45.3 Å². The molecule has 1 saturated heterocycles. The van der Waals surface area contributed by atoms with Crippen LogP contribution in [0.5, 0.6) is 5.19 Å². The molecule has 1 unspecified atom stereocenters. The number of hydrogen-bond donors (Lipinski definition) is 0. The summed E-state index contributed by atoms with van der Waals surface area (Å²) in [5.41, 5.74) is -0.458. The lowest BCUT2D eigenvalue weighted by molar-refractivity contribution is 0.00773. The lowest BCUT2D eigenvalue weighted by Gasteiger charge is -2.33. The number of hydrogen-bond acceptors (Lipinski definition) is 5. The average molecular weight is 284 g/mol. The number of rotatable bonds is 2. The molecule has 1 aromatic heterocycles. The minimum Gasteiger partial charge on any atom is -0.465 e. The minimum atomic E-state index is -0.458. The van der Waals surface area contributed by atoms with Crippen LogP contribution in [0.2, 0.25) is 0 Å². The Bertz CT molecular complexity index is 414. The molecule has 2 heterocycles. The summed E-state index contributed by atoms with van der Waals surface area (Å²) in [5, 5.41) is 2.54. The van der Waals surface area contributed by atoms with E-state index in [9.17, 15) is 4.79 Å². The maximum atomic E-state index is 12.0. The molecule has 106 valence electrons. The number of amides is 1. The fraction of sp³-hybridized carbons (Fsp3) is 0.692. The quantitative estimate of drug-likeness (QED) is 0.838. The van der Waals surface area contributed by atoms with Gasteiger partial charge in [-0.05, 0) is 33.6 Å².